The summed E-state index contributed by atoms with van der Waals surface area (Å²) in [6.45, 7) is 1.28. The van der Waals surface area contributed by atoms with E-state index < -0.39 is 0 Å². The van der Waals surface area contributed by atoms with Crippen LogP contribution in [0.2, 0.25) is 10.2 Å². The Morgan fingerprint density at radius 1 is 1.29 bits per heavy atom. The molecule has 0 aliphatic heterocycles. The molecule has 0 radical (unpaired) electrons. The summed E-state index contributed by atoms with van der Waals surface area (Å²) in [5, 5.41) is 16.3. The Morgan fingerprint density at radius 3 is 2.75 bits per heavy atom. The predicted octanol–water partition coefficient (Wildman–Crippen LogP) is 4.49. The van der Waals surface area contributed by atoms with Crippen molar-refractivity contribution >= 4 is 59.4 Å². The van der Waals surface area contributed by atoms with Crippen LogP contribution in [0.25, 0.3) is 6.08 Å². The number of halogens is 3. The van der Waals surface area contributed by atoms with Gasteiger partial charge in [-0.15, -0.1) is 17.4 Å². The maximum Gasteiger partial charge on any atom is 0.209 e. The highest BCUT2D eigenvalue weighted by Gasteiger charge is 2.02. The van der Waals surface area contributed by atoms with Gasteiger partial charge in [-0.05, 0) is 29.9 Å². The first-order chi connectivity index (χ1) is 13.2. The number of nitriles is 1. The number of nitrogens with one attached hydrogen (secondary N) is 3. The Labute approximate surface area is 185 Å². The van der Waals surface area contributed by atoms with Gasteiger partial charge in [-0.1, -0.05) is 47.5 Å². The predicted molar refractivity (Wildman–Crippen MR) is 121 cm³/mol. The van der Waals surface area contributed by atoms with Gasteiger partial charge in [0, 0.05) is 23.9 Å². The number of aromatic nitrogens is 2. The molecule has 0 spiro atoms. The quantitative estimate of drug-likeness (QED) is 0.222. The van der Waals surface area contributed by atoms with Gasteiger partial charge in [0.1, 0.15) is 5.15 Å². The smallest absolute Gasteiger partial charge is 0.209 e. The van der Waals surface area contributed by atoms with Crippen molar-refractivity contribution in [1.29, 1.82) is 5.26 Å². The molecule has 0 aliphatic carbocycles. The van der Waals surface area contributed by atoms with Crippen LogP contribution in [0.3, 0.4) is 0 Å². The number of hydrogen-bond acceptors (Lipinski definition) is 4. The lowest BCUT2D eigenvalue weighted by molar-refractivity contribution is 0.811. The Morgan fingerprint density at radius 2 is 2.07 bits per heavy atom. The second-order valence-electron chi connectivity index (χ2n) is 5.39. The summed E-state index contributed by atoms with van der Waals surface area (Å²) in [5.74, 6) is 2.19. The van der Waals surface area contributed by atoms with Crippen molar-refractivity contribution in [2.24, 2.45) is 4.99 Å². The maximum absolute atomic E-state index is 8.80. The van der Waals surface area contributed by atoms with E-state index in [-0.39, 0.29) is 12.4 Å². The molecule has 0 atom stereocenters. The van der Waals surface area contributed by atoms with Crippen LogP contribution in [0.4, 0.5) is 0 Å². The fourth-order valence-corrected chi connectivity index (χ4v) is 3.35. The number of rotatable bonds is 9. The molecule has 1 aromatic carbocycles. The molecule has 1 heterocycles. The number of H-pyrrole nitrogens is 1. The van der Waals surface area contributed by atoms with E-state index in [0.29, 0.717) is 22.7 Å². The number of nitrogens with zero attached hydrogens (tertiary/aromatic N) is 3. The first-order valence-electron chi connectivity index (χ1n) is 8.31. The minimum atomic E-state index is 0. The highest BCUT2D eigenvalue weighted by molar-refractivity contribution is 7.98. The molecule has 10 heteroatoms. The van der Waals surface area contributed by atoms with Gasteiger partial charge in [-0.25, -0.2) is 4.98 Å². The summed E-state index contributed by atoms with van der Waals surface area (Å²) in [5.41, 5.74) is 1.93. The van der Waals surface area contributed by atoms with Crippen LogP contribution in [0.15, 0.2) is 41.7 Å². The molecule has 0 saturated heterocycles. The zero-order valence-corrected chi connectivity index (χ0v) is 18.1. The highest BCUT2D eigenvalue weighted by atomic mass is 35.5. The molecule has 2 aromatic rings. The minimum absolute atomic E-state index is 0. The Hall–Kier alpha value is -1.85. The van der Waals surface area contributed by atoms with Crippen molar-refractivity contribution in [2.45, 2.75) is 12.2 Å². The van der Waals surface area contributed by atoms with Crippen molar-refractivity contribution in [3.63, 3.8) is 0 Å². The number of benzene rings is 1. The normalized spacial score (nSPS) is 11.1. The molecular weight excluding hydrogens is 439 g/mol. The summed E-state index contributed by atoms with van der Waals surface area (Å²) in [6, 6.07) is 7.57. The topological polar surface area (TPSA) is 88.9 Å². The lowest BCUT2D eigenvalue weighted by Crippen LogP contribution is -2.37. The van der Waals surface area contributed by atoms with E-state index in [0.717, 1.165) is 35.7 Å². The van der Waals surface area contributed by atoms with Gasteiger partial charge >= 0.3 is 0 Å². The Balaban J connectivity index is 0.00000392. The fourth-order valence-electron chi connectivity index (χ4n) is 2.07. The second kappa shape index (κ2) is 14.2. The lowest BCUT2D eigenvalue weighted by atomic mass is 10.2. The van der Waals surface area contributed by atoms with E-state index in [1.165, 1.54) is 0 Å². The molecular formula is C18H21Cl3N6S. The molecule has 0 saturated carbocycles. The number of imidazole rings is 1. The molecule has 3 N–H and O–H groups in total. The summed E-state index contributed by atoms with van der Waals surface area (Å²) >= 11 is 13.6. The molecule has 6 nitrogen and oxygen atoms in total. The zero-order valence-electron chi connectivity index (χ0n) is 15.0. The van der Waals surface area contributed by atoms with Crippen molar-refractivity contribution in [2.75, 3.05) is 18.8 Å². The van der Waals surface area contributed by atoms with Crippen LogP contribution in [0.1, 0.15) is 17.7 Å². The Bertz CT molecular complexity index is 798. The number of aliphatic imine (C=N–C) groups is 1. The molecule has 0 bridgehead atoms. The third kappa shape index (κ3) is 9.38. The van der Waals surface area contributed by atoms with E-state index in [1.807, 2.05) is 36.4 Å². The van der Waals surface area contributed by atoms with Crippen LogP contribution in [0.5, 0.6) is 0 Å². The van der Waals surface area contributed by atoms with Gasteiger partial charge < -0.3 is 15.6 Å². The van der Waals surface area contributed by atoms with E-state index in [1.54, 1.807) is 24.3 Å². The summed E-state index contributed by atoms with van der Waals surface area (Å²) in [6.07, 6.45) is 8.26. The van der Waals surface area contributed by atoms with E-state index >= 15 is 0 Å². The summed E-state index contributed by atoms with van der Waals surface area (Å²) in [7, 11) is 0. The van der Waals surface area contributed by atoms with Crippen molar-refractivity contribution in [1.82, 2.24) is 20.6 Å². The van der Waals surface area contributed by atoms with Gasteiger partial charge in [0.05, 0.1) is 12.0 Å². The minimum Gasteiger partial charge on any atom is -0.355 e. The second-order valence-corrected chi connectivity index (χ2v) is 7.31. The van der Waals surface area contributed by atoms with Crippen molar-refractivity contribution in [3.8, 4) is 6.19 Å². The van der Waals surface area contributed by atoms with Gasteiger partial charge in [0.25, 0.3) is 0 Å². The average molecular weight is 460 g/mol. The van der Waals surface area contributed by atoms with E-state index in [9.17, 15) is 0 Å². The molecule has 150 valence electrons. The molecule has 28 heavy (non-hydrogen) atoms. The molecule has 0 unspecified atom stereocenters. The van der Waals surface area contributed by atoms with E-state index in [2.05, 4.69) is 25.6 Å². The third-order valence-electron chi connectivity index (χ3n) is 3.39. The number of thioether (sulfide) groups is 1. The van der Waals surface area contributed by atoms with Gasteiger partial charge in [0.2, 0.25) is 12.2 Å². The molecule has 0 fully saturated rings. The summed E-state index contributed by atoms with van der Waals surface area (Å²) < 4.78 is 0. The maximum atomic E-state index is 8.80. The molecule has 0 amide bonds. The lowest BCUT2D eigenvalue weighted by Gasteiger charge is -2.09. The SMILES string of the molecule is Cl.N#CN=C(NCC=Cc1ccc(Cl)cc1)NCCCSCc1nc[nH]c1Cl. The monoisotopic (exact) mass is 458 g/mol. The van der Waals surface area contributed by atoms with Crippen molar-refractivity contribution in [3.05, 3.63) is 58.1 Å². The van der Waals surface area contributed by atoms with Gasteiger partial charge in [-0.3, -0.25) is 0 Å². The number of aromatic amines is 1. The highest BCUT2D eigenvalue weighted by Crippen LogP contribution is 2.17. The molecule has 1 aromatic heterocycles. The summed E-state index contributed by atoms with van der Waals surface area (Å²) in [4.78, 5) is 10.8. The fraction of sp³-hybridized carbons (Fsp3) is 0.278. The molecule has 2 rings (SSSR count). The first-order valence-corrected chi connectivity index (χ1v) is 10.2. The van der Waals surface area contributed by atoms with Crippen molar-refractivity contribution < 1.29 is 0 Å². The molecule has 0 aliphatic rings. The van der Waals surface area contributed by atoms with E-state index in [4.69, 9.17) is 28.5 Å². The Kier molecular flexibility index (Phi) is 12.3. The largest absolute Gasteiger partial charge is 0.355 e. The van der Waals surface area contributed by atoms with Crippen LogP contribution in [-0.4, -0.2) is 34.8 Å². The third-order valence-corrected chi connectivity index (χ3v) is 5.03. The van der Waals surface area contributed by atoms with Crippen LogP contribution >= 0.6 is 47.4 Å². The first kappa shape index (κ1) is 24.2. The zero-order chi connectivity index (χ0) is 19.3. The number of hydrogen-bond donors (Lipinski definition) is 3. The van der Waals surface area contributed by atoms with Crippen LogP contribution in [0, 0.1) is 11.5 Å². The van der Waals surface area contributed by atoms with Gasteiger partial charge in [0.15, 0.2) is 0 Å². The number of guanidine groups is 1. The standard InChI is InChI=1S/C18H20Cl2N6S.ClH/c19-15-6-4-14(5-7-15)3-1-8-22-18(24-12-21)23-9-2-10-27-11-16-17(20)26-13-25-16;/h1,3-7,13H,2,8-11H2,(H,25,26)(H2,22,23,24);1H. The van der Waals surface area contributed by atoms with Crippen LogP contribution < -0.4 is 10.6 Å². The van der Waals surface area contributed by atoms with Crippen LogP contribution in [-0.2, 0) is 5.75 Å². The van der Waals surface area contributed by atoms with Gasteiger partial charge in [-0.2, -0.15) is 17.0 Å². The average Bonchev–Trinajstić information content (AvgIpc) is 3.07.